The van der Waals surface area contributed by atoms with E-state index in [1.165, 1.54) is 5.39 Å². The molecule has 1 amide bonds. The van der Waals surface area contributed by atoms with Gasteiger partial charge in [-0.1, -0.05) is 18.2 Å². The van der Waals surface area contributed by atoms with Crippen LogP contribution in [-0.4, -0.2) is 64.9 Å². The molecule has 0 aliphatic carbocycles. The summed E-state index contributed by atoms with van der Waals surface area (Å²) >= 11 is 0. The molecule has 1 saturated heterocycles. The lowest BCUT2D eigenvalue weighted by molar-refractivity contribution is -0.127. The number of hydrogen-bond acceptors (Lipinski definition) is 4. The lowest BCUT2D eigenvalue weighted by Crippen LogP contribution is -2.49. The number of nitrogens with zero attached hydrogens (tertiary/aromatic N) is 3. The van der Waals surface area contributed by atoms with Gasteiger partial charge in [0.25, 0.3) is 0 Å². The van der Waals surface area contributed by atoms with E-state index in [2.05, 4.69) is 27.0 Å². The second-order valence-electron chi connectivity index (χ2n) is 6.61. The molecular formula is C20H23N5O. The number of para-hydroxylation sites is 1. The van der Waals surface area contributed by atoms with Gasteiger partial charge in [-0.25, -0.2) is 0 Å². The largest absolute Gasteiger partial charge is 0.353 e. The highest BCUT2D eigenvalue weighted by atomic mass is 16.2. The quantitative estimate of drug-likeness (QED) is 0.705. The number of nitrogens with one attached hydrogen (secondary N) is 1. The van der Waals surface area contributed by atoms with Crippen LogP contribution in [0.25, 0.3) is 27.9 Å². The Hall–Kier alpha value is -2.70. The molecule has 2 aromatic heterocycles. The first kappa shape index (κ1) is 16.8. The maximum Gasteiger partial charge on any atom is 0.246 e. The van der Waals surface area contributed by atoms with Crippen LogP contribution >= 0.6 is 0 Å². The number of aromatic nitrogens is 2. The van der Waals surface area contributed by atoms with Gasteiger partial charge in [-0.05, 0) is 18.2 Å². The Kier molecular flexibility index (Phi) is 4.69. The Morgan fingerprint density at radius 3 is 2.77 bits per heavy atom. The molecule has 1 aliphatic rings. The SMILES string of the molecule is NCCN1CCN(C(=O)/C=C/c2cc3c(cn2)[nH]c2ccccc23)CC1. The lowest BCUT2D eigenvalue weighted by atomic mass is 10.1. The van der Waals surface area contributed by atoms with Gasteiger partial charge in [-0.15, -0.1) is 0 Å². The minimum absolute atomic E-state index is 0.0400. The molecular weight excluding hydrogens is 326 g/mol. The van der Waals surface area contributed by atoms with Crippen LogP contribution in [0.3, 0.4) is 0 Å². The van der Waals surface area contributed by atoms with E-state index in [0.717, 1.165) is 54.8 Å². The molecule has 6 nitrogen and oxygen atoms in total. The Morgan fingerprint density at radius 1 is 1.15 bits per heavy atom. The standard InChI is InChI=1S/C20H23N5O/c21-7-8-24-9-11-25(12-10-24)20(26)6-5-15-13-17-16-3-1-2-4-18(16)23-19(17)14-22-15/h1-6,13-14,23H,7-12,21H2/b6-5+. The van der Waals surface area contributed by atoms with Gasteiger partial charge in [-0.3, -0.25) is 14.7 Å². The maximum atomic E-state index is 12.4. The molecule has 0 unspecified atom stereocenters. The molecule has 3 N–H and O–H groups in total. The van der Waals surface area contributed by atoms with E-state index < -0.39 is 0 Å². The first-order valence-corrected chi connectivity index (χ1v) is 9.00. The van der Waals surface area contributed by atoms with Gasteiger partial charge < -0.3 is 15.6 Å². The van der Waals surface area contributed by atoms with Crippen molar-refractivity contribution in [1.29, 1.82) is 0 Å². The van der Waals surface area contributed by atoms with Crippen LogP contribution in [0.4, 0.5) is 0 Å². The highest BCUT2D eigenvalue weighted by Gasteiger charge is 2.18. The summed E-state index contributed by atoms with van der Waals surface area (Å²) in [6, 6.07) is 10.2. The van der Waals surface area contributed by atoms with Gasteiger partial charge in [0.2, 0.25) is 5.91 Å². The fourth-order valence-electron chi connectivity index (χ4n) is 3.49. The smallest absolute Gasteiger partial charge is 0.246 e. The molecule has 6 heteroatoms. The molecule has 0 saturated carbocycles. The van der Waals surface area contributed by atoms with Gasteiger partial charge in [0.1, 0.15) is 0 Å². The predicted molar refractivity (Wildman–Crippen MR) is 105 cm³/mol. The van der Waals surface area contributed by atoms with Crippen LogP contribution in [0.2, 0.25) is 0 Å². The van der Waals surface area contributed by atoms with Crippen molar-refractivity contribution in [3.8, 4) is 0 Å². The summed E-state index contributed by atoms with van der Waals surface area (Å²) in [5, 5.41) is 2.29. The summed E-state index contributed by atoms with van der Waals surface area (Å²) < 4.78 is 0. The number of carbonyl (C=O) groups is 1. The van der Waals surface area contributed by atoms with Gasteiger partial charge in [0.05, 0.1) is 17.4 Å². The van der Waals surface area contributed by atoms with Crippen molar-refractivity contribution in [3.05, 3.63) is 48.3 Å². The van der Waals surface area contributed by atoms with E-state index in [4.69, 9.17) is 5.73 Å². The van der Waals surface area contributed by atoms with Gasteiger partial charge >= 0.3 is 0 Å². The number of piperazine rings is 1. The Labute approximate surface area is 152 Å². The van der Waals surface area contributed by atoms with Crippen LogP contribution < -0.4 is 5.73 Å². The van der Waals surface area contributed by atoms with Crippen molar-refractivity contribution >= 4 is 33.8 Å². The molecule has 0 spiro atoms. The van der Waals surface area contributed by atoms with Crippen molar-refractivity contribution in [2.75, 3.05) is 39.3 Å². The minimum Gasteiger partial charge on any atom is -0.353 e. The molecule has 0 radical (unpaired) electrons. The average molecular weight is 349 g/mol. The third-order valence-corrected chi connectivity index (χ3v) is 4.94. The van der Waals surface area contributed by atoms with E-state index in [0.29, 0.717) is 6.54 Å². The Balaban J connectivity index is 1.48. The molecule has 0 atom stereocenters. The van der Waals surface area contributed by atoms with Crippen LogP contribution in [-0.2, 0) is 4.79 Å². The second-order valence-corrected chi connectivity index (χ2v) is 6.61. The number of fused-ring (bicyclic) bond motifs is 3. The number of pyridine rings is 1. The fraction of sp³-hybridized carbons (Fsp3) is 0.300. The second kappa shape index (κ2) is 7.27. The van der Waals surface area contributed by atoms with Crippen LogP contribution in [0.5, 0.6) is 0 Å². The van der Waals surface area contributed by atoms with Crippen molar-refractivity contribution in [3.63, 3.8) is 0 Å². The fourth-order valence-corrected chi connectivity index (χ4v) is 3.49. The number of hydrogen-bond donors (Lipinski definition) is 2. The highest BCUT2D eigenvalue weighted by molar-refractivity contribution is 6.07. The molecule has 26 heavy (non-hydrogen) atoms. The molecule has 134 valence electrons. The first-order valence-electron chi connectivity index (χ1n) is 9.00. The van der Waals surface area contributed by atoms with Crippen molar-refractivity contribution < 1.29 is 4.79 Å². The summed E-state index contributed by atoms with van der Waals surface area (Å²) in [4.78, 5) is 24.4. The molecule has 1 aliphatic heterocycles. The predicted octanol–water partition coefficient (Wildman–Crippen LogP) is 1.83. The minimum atomic E-state index is 0.0400. The maximum absolute atomic E-state index is 12.4. The monoisotopic (exact) mass is 349 g/mol. The summed E-state index contributed by atoms with van der Waals surface area (Å²) in [6.07, 6.45) is 5.25. The number of rotatable bonds is 4. The number of carbonyl (C=O) groups excluding carboxylic acids is 1. The molecule has 3 aromatic rings. The van der Waals surface area contributed by atoms with E-state index >= 15 is 0 Å². The highest BCUT2D eigenvalue weighted by Crippen LogP contribution is 2.25. The topological polar surface area (TPSA) is 78.2 Å². The Morgan fingerprint density at radius 2 is 1.96 bits per heavy atom. The van der Waals surface area contributed by atoms with Gasteiger partial charge in [0, 0.05) is 61.6 Å². The third kappa shape index (κ3) is 3.34. The summed E-state index contributed by atoms with van der Waals surface area (Å²) in [5.74, 6) is 0.0400. The number of amides is 1. The van der Waals surface area contributed by atoms with Crippen molar-refractivity contribution in [2.45, 2.75) is 0 Å². The van der Waals surface area contributed by atoms with Crippen molar-refractivity contribution in [1.82, 2.24) is 19.8 Å². The molecule has 3 heterocycles. The number of H-pyrrole nitrogens is 1. The van der Waals surface area contributed by atoms with Crippen LogP contribution in [0.15, 0.2) is 42.6 Å². The first-order chi connectivity index (χ1) is 12.7. The molecule has 1 fully saturated rings. The van der Waals surface area contributed by atoms with Crippen molar-refractivity contribution in [2.24, 2.45) is 5.73 Å². The number of aromatic amines is 1. The normalized spacial score (nSPS) is 16.1. The zero-order valence-corrected chi connectivity index (χ0v) is 14.7. The summed E-state index contributed by atoms with van der Waals surface area (Å²) in [7, 11) is 0. The van der Waals surface area contributed by atoms with Gasteiger partial charge in [-0.2, -0.15) is 0 Å². The summed E-state index contributed by atoms with van der Waals surface area (Å²) in [5.41, 5.74) is 8.48. The zero-order valence-electron chi connectivity index (χ0n) is 14.7. The van der Waals surface area contributed by atoms with Crippen LogP contribution in [0, 0.1) is 0 Å². The van der Waals surface area contributed by atoms with E-state index in [9.17, 15) is 4.79 Å². The number of nitrogens with two attached hydrogens (primary N) is 1. The third-order valence-electron chi connectivity index (χ3n) is 4.94. The number of benzene rings is 1. The molecule has 0 bridgehead atoms. The lowest BCUT2D eigenvalue weighted by Gasteiger charge is -2.33. The molecule has 1 aromatic carbocycles. The van der Waals surface area contributed by atoms with E-state index in [1.807, 2.05) is 29.3 Å². The van der Waals surface area contributed by atoms with E-state index in [-0.39, 0.29) is 5.91 Å². The van der Waals surface area contributed by atoms with E-state index in [1.54, 1.807) is 12.2 Å². The average Bonchev–Trinajstić information content (AvgIpc) is 3.05. The summed E-state index contributed by atoms with van der Waals surface area (Å²) in [6.45, 7) is 4.82. The molecule has 4 rings (SSSR count). The van der Waals surface area contributed by atoms with Crippen LogP contribution in [0.1, 0.15) is 5.69 Å². The zero-order chi connectivity index (χ0) is 17.9. The van der Waals surface area contributed by atoms with Gasteiger partial charge in [0.15, 0.2) is 0 Å². The Bertz CT molecular complexity index is 953.